The molecule has 7 nitrogen and oxygen atoms in total. The summed E-state index contributed by atoms with van der Waals surface area (Å²) in [6.45, 7) is 5.43. The molecule has 1 aromatic rings. The number of aliphatic imine (C=N–C) groups is 1. The lowest BCUT2D eigenvalue weighted by Gasteiger charge is -2.37. The number of hydrogen-bond donors (Lipinski definition) is 1. The Morgan fingerprint density at radius 2 is 1.84 bits per heavy atom. The molecular weight excluding hydrogens is 338 g/mol. The van der Waals surface area contributed by atoms with E-state index < -0.39 is 10.0 Å². The number of rotatable bonds is 4. The smallest absolute Gasteiger partial charge is 0.214 e. The van der Waals surface area contributed by atoms with E-state index in [1.807, 2.05) is 6.07 Å². The SMILES string of the molecule is CN=C(NCCN1CCCS1(=O)=O)N1CCN(c2ccccc2)CC1. The van der Waals surface area contributed by atoms with E-state index in [1.54, 1.807) is 11.4 Å². The van der Waals surface area contributed by atoms with E-state index in [-0.39, 0.29) is 5.75 Å². The van der Waals surface area contributed by atoms with Crippen molar-refractivity contribution < 1.29 is 8.42 Å². The van der Waals surface area contributed by atoms with Crippen LogP contribution in [0.3, 0.4) is 0 Å². The molecule has 2 aliphatic rings. The van der Waals surface area contributed by atoms with Crippen molar-refractivity contribution in [2.24, 2.45) is 4.99 Å². The average molecular weight is 366 g/mol. The molecular formula is C17H27N5O2S. The normalized spacial score (nSPS) is 21.6. The molecule has 0 atom stereocenters. The number of hydrogen-bond acceptors (Lipinski definition) is 4. The summed E-state index contributed by atoms with van der Waals surface area (Å²) < 4.78 is 25.2. The standard InChI is InChI=1S/C17H27N5O2S/c1-18-17(19-8-10-22-9-5-15-25(22,23)24)21-13-11-20(12-14-21)16-6-3-2-4-7-16/h2-4,6-7H,5,8-15H2,1H3,(H,18,19). The number of guanidine groups is 1. The van der Waals surface area contributed by atoms with Crippen molar-refractivity contribution in [3.63, 3.8) is 0 Å². The molecule has 0 amide bonds. The third kappa shape index (κ3) is 4.43. The van der Waals surface area contributed by atoms with Crippen LogP contribution in [-0.2, 0) is 10.0 Å². The fourth-order valence-corrected chi connectivity index (χ4v) is 4.91. The van der Waals surface area contributed by atoms with Gasteiger partial charge in [0.25, 0.3) is 0 Å². The molecule has 0 saturated carbocycles. The Bertz CT molecular complexity index is 684. The van der Waals surface area contributed by atoms with Crippen LogP contribution in [0.1, 0.15) is 6.42 Å². The highest BCUT2D eigenvalue weighted by atomic mass is 32.2. The first-order valence-corrected chi connectivity index (χ1v) is 10.4. The quantitative estimate of drug-likeness (QED) is 0.619. The van der Waals surface area contributed by atoms with Gasteiger partial charge >= 0.3 is 0 Å². The summed E-state index contributed by atoms with van der Waals surface area (Å²) in [6.07, 6.45) is 0.735. The minimum atomic E-state index is -3.02. The van der Waals surface area contributed by atoms with Gasteiger partial charge in [-0.15, -0.1) is 0 Å². The highest BCUT2D eigenvalue weighted by Gasteiger charge is 2.27. The van der Waals surface area contributed by atoms with E-state index in [0.29, 0.717) is 19.6 Å². The third-order valence-electron chi connectivity index (χ3n) is 4.76. The second-order valence-electron chi connectivity index (χ2n) is 6.35. The van der Waals surface area contributed by atoms with Gasteiger partial charge < -0.3 is 15.1 Å². The topological polar surface area (TPSA) is 68.2 Å². The first kappa shape index (κ1) is 18.0. The van der Waals surface area contributed by atoms with Crippen molar-refractivity contribution in [2.75, 3.05) is 63.5 Å². The van der Waals surface area contributed by atoms with Crippen LogP contribution in [0.25, 0.3) is 0 Å². The number of nitrogens with one attached hydrogen (secondary N) is 1. The Balaban J connectivity index is 1.46. The summed E-state index contributed by atoms with van der Waals surface area (Å²) in [7, 11) is -1.25. The fourth-order valence-electron chi connectivity index (χ4n) is 3.38. The first-order chi connectivity index (χ1) is 12.1. The molecule has 2 heterocycles. The molecule has 138 valence electrons. The van der Waals surface area contributed by atoms with Gasteiger partial charge in [0.05, 0.1) is 5.75 Å². The maximum absolute atomic E-state index is 11.8. The number of anilines is 1. The molecule has 0 unspecified atom stereocenters. The summed E-state index contributed by atoms with van der Waals surface area (Å²) >= 11 is 0. The zero-order chi connectivity index (χ0) is 17.7. The van der Waals surface area contributed by atoms with Crippen LogP contribution >= 0.6 is 0 Å². The van der Waals surface area contributed by atoms with Gasteiger partial charge in [0, 0.05) is 58.5 Å². The summed E-state index contributed by atoms with van der Waals surface area (Å²) in [6, 6.07) is 10.4. The fraction of sp³-hybridized carbons (Fsp3) is 0.588. The first-order valence-electron chi connectivity index (χ1n) is 8.83. The zero-order valence-corrected chi connectivity index (χ0v) is 15.6. The van der Waals surface area contributed by atoms with Crippen molar-refractivity contribution in [1.82, 2.24) is 14.5 Å². The minimum absolute atomic E-state index is 0.281. The Morgan fingerprint density at radius 1 is 1.12 bits per heavy atom. The largest absolute Gasteiger partial charge is 0.368 e. The molecule has 0 aliphatic carbocycles. The van der Waals surface area contributed by atoms with Gasteiger partial charge in [0.2, 0.25) is 10.0 Å². The molecule has 8 heteroatoms. The summed E-state index contributed by atoms with van der Waals surface area (Å²) in [5.41, 5.74) is 1.25. The van der Waals surface area contributed by atoms with Crippen molar-refractivity contribution in [2.45, 2.75) is 6.42 Å². The van der Waals surface area contributed by atoms with Crippen LogP contribution < -0.4 is 10.2 Å². The Labute approximate surface area is 150 Å². The summed E-state index contributed by atoms with van der Waals surface area (Å²) in [5.74, 6) is 1.13. The van der Waals surface area contributed by atoms with Crippen LogP contribution in [0.4, 0.5) is 5.69 Å². The lowest BCUT2D eigenvalue weighted by Crippen LogP contribution is -2.53. The highest BCUT2D eigenvalue weighted by molar-refractivity contribution is 7.89. The van der Waals surface area contributed by atoms with E-state index in [9.17, 15) is 8.42 Å². The van der Waals surface area contributed by atoms with Crippen molar-refractivity contribution >= 4 is 21.7 Å². The van der Waals surface area contributed by atoms with E-state index in [4.69, 9.17) is 0 Å². The second-order valence-corrected chi connectivity index (χ2v) is 8.44. The predicted octanol–water partition coefficient (Wildman–Crippen LogP) is 0.420. The maximum atomic E-state index is 11.8. The van der Waals surface area contributed by atoms with Gasteiger partial charge in [-0.2, -0.15) is 0 Å². The van der Waals surface area contributed by atoms with Gasteiger partial charge in [0.15, 0.2) is 5.96 Å². The van der Waals surface area contributed by atoms with Gasteiger partial charge in [0.1, 0.15) is 0 Å². The highest BCUT2D eigenvalue weighted by Crippen LogP contribution is 2.15. The predicted molar refractivity (Wildman–Crippen MR) is 102 cm³/mol. The van der Waals surface area contributed by atoms with Gasteiger partial charge in [-0.1, -0.05) is 18.2 Å². The van der Waals surface area contributed by atoms with Crippen LogP contribution in [0.15, 0.2) is 35.3 Å². The molecule has 0 spiro atoms. The Hall–Kier alpha value is -1.80. The molecule has 3 rings (SSSR count). The number of nitrogens with zero attached hydrogens (tertiary/aromatic N) is 4. The number of para-hydroxylation sites is 1. The molecule has 1 N–H and O–H groups in total. The van der Waals surface area contributed by atoms with Crippen LogP contribution in [-0.4, -0.2) is 82.2 Å². The summed E-state index contributed by atoms with van der Waals surface area (Å²) in [4.78, 5) is 8.96. The minimum Gasteiger partial charge on any atom is -0.368 e. The lowest BCUT2D eigenvalue weighted by atomic mass is 10.2. The molecule has 2 saturated heterocycles. The summed E-state index contributed by atoms with van der Waals surface area (Å²) in [5, 5.41) is 3.31. The average Bonchev–Trinajstić information content (AvgIpc) is 2.98. The molecule has 0 aromatic heterocycles. The molecule has 0 radical (unpaired) electrons. The molecule has 2 aliphatic heterocycles. The van der Waals surface area contributed by atoms with Gasteiger partial charge in [-0.25, -0.2) is 12.7 Å². The number of sulfonamides is 1. The third-order valence-corrected chi connectivity index (χ3v) is 6.72. The second kappa shape index (κ2) is 8.05. The van der Waals surface area contributed by atoms with Crippen LogP contribution in [0.2, 0.25) is 0 Å². The zero-order valence-electron chi connectivity index (χ0n) is 14.8. The van der Waals surface area contributed by atoms with Gasteiger partial charge in [-0.05, 0) is 18.6 Å². The number of benzene rings is 1. The van der Waals surface area contributed by atoms with Gasteiger partial charge in [-0.3, -0.25) is 4.99 Å². The Kier molecular flexibility index (Phi) is 5.80. The van der Waals surface area contributed by atoms with E-state index in [1.165, 1.54) is 5.69 Å². The Morgan fingerprint density at radius 3 is 2.44 bits per heavy atom. The lowest BCUT2D eigenvalue weighted by molar-refractivity contribution is 0.369. The molecule has 1 aromatic carbocycles. The van der Waals surface area contributed by atoms with E-state index in [2.05, 4.69) is 44.4 Å². The monoisotopic (exact) mass is 365 g/mol. The van der Waals surface area contributed by atoms with E-state index in [0.717, 1.165) is 38.6 Å². The van der Waals surface area contributed by atoms with Crippen molar-refractivity contribution in [1.29, 1.82) is 0 Å². The molecule has 0 bridgehead atoms. The molecule has 2 fully saturated rings. The van der Waals surface area contributed by atoms with Crippen LogP contribution in [0.5, 0.6) is 0 Å². The number of piperazine rings is 1. The molecule has 25 heavy (non-hydrogen) atoms. The van der Waals surface area contributed by atoms with E-state index >= 15 is 0 Å². The van der Waals surface area contributed by atoms with Crippen molar-refractivity contribution in [3.05, 3.63) is 30.3 Å². The van der Waals surface area contributed by atoms with Crippen molar-refractivity contribution in [3.8, 4) is 0 Å². The maximum Gasteiger partial charge on any atom is 0.214 e. The van der Waals surface area contributed by atoms with Crippen LogP contribution in [0, 0.1) is 0 Å².